The molecule has 2 N–H and O–H groups in total. The number of aromatic amines is 1. The standard InChI is InChI=1S/C11H10N2O2/c14-9-5-6-13-10(9)12-8-4-2-1-3-7(8)11(13)15/h1-4,9,14H,5-6H2/p+1. The Balaban J connectivity index is 2.46. The van der Waals surface area contributed by atoms with E-state index in [0.717, 1.165) is 5.52 Å². The van der Waals surface area contributed by atoms with E-state index in [1.165, 1.54) is 0 Å². The maximum Gasteiger partial charge on any atom is 0.345 e. The van der Waals surface area contributed by atoms with Crippen LogP contribution in [-0.2, 0) is 6.54 Å². The Labute approximate surface area is 85.8 Å². The van der Waals surface area contributed by atoms with Crippen LogP contribution in [-0.4, -0.2) is 9.67 Å². The predicted molar refractivity (Wildman–Crippen MR) is 54.3 cm³/mol. The number of aromatic nitrogens is 2. The largest absolute Gasteiger partial charge is 0.380 e. The Kier molecular flexibility index (Phi) is 1.67. The molecular formula is C11H11N2O2+. The number of hydrogen-bond acceptors (Lipinski definition) is 2. The van der Waals surface area contributed by atoms with Crippen molar-refractivity contribution in [2.24, 2.45) is 0 Å². The van der Waals surface area contributed by atoms with Gasteiger partial charge in [-0.3, -0.25) is 0 Å². The van der Waals surface area contributed by atoms with Gasteiger partial charge in [-0.15, -0.1) is 0 Å². The lowest BCUT2D eigenvalue weighted by Crippen LogP contribution is -2.29. The van der Waals surface area contributed by atoms with Gasteiger partial charge in [0.1, 0.15) is 10.9 Å². The number of hydrogen-bond donors (Lipinski definition) is 1. The molecule has 1 aliphatic heterocycles. The predicted octanol–water partition coefficient (Wildman–Crippen LogP) is 0.253. The third kappa shape index (κ3) is 1.11. The first-order chi connectivity index (χ1) is 7.27. The van der Waals surface area contributed by atoms with Crippen molar-refractivity contribution in [2.75, 3.05) is 0 Å². The Morgan fingerprint density at radius 3 is 3.07 bits per heavy atom. The van der Waals surface area contributed by atoms with E-state index < -0.39 is 6.10 Å². The van der Waals surface area contributed by atoms with E-state index in [2.05, 4.69) is 4.98 Å². The zero-order chi connectivity index (χ0) is 10.4. The molecule has 0 amide bonds. The van der Waals surface area contributed by atoms with Crippen LogP contribution in [0.25, 0.3) is 10.9 Å². The SMILES string of the molecule is O=c1c2ccccc2[nH+]c2n1CCC2O. The lowest BCUT2D eigenvalue weighted by molar-refractivity contribution is -0.374. The van der Waals surface area contributed by atoms with Crippen molar-refractivity contribution in [1.82, 2.24) is 4.57 Å². The zero-order valence-corrected chi connectivity index (χ0v) is 8.10. The summed E-state index contributed by atoms with van der Waals surface area (Å²) in [5, 5.41) is 10.4. The van der Waals surface area contributed by atoms with Crippen molar-refractivity contribution in [3.05, 3.63) is 40.4 Å². The van der Waals surface area contributed by atoms with E-state index in [9.17, 15) is 9.90 Å². The maximum atomic E-state index is 12.0. The highest BCUT2D eigenvalue weighted by molar-refractivity contribution is 5.74. The number of aliphatic hydroxyl groups excluding tert-OH is 1. The second-order valence-corrected chi connectivity index (χ2v) is 3.82. The summed E-state index contributed by atoms with van der Waals surface area (Å²) in [6.07, 6.45) is 0.0736. The quantitative estimate of drug-likeness (QED) is 0.667. The molecule has 0 saturated heterocycles. The van der Waals surface area contributed by atoms with E-state index >= 15 is 0 Å². The van der Waals surface area contributed by atoms with Crippen molar-refractivity contribution in [3.8, 4) is 0 Å². The summed E-state index contributed by atoms with van der Waals surface area (Å²) in [6.45, 7) is 0.594. The molecular weight excluding hydrogens is 192 g/mol. The molecule has 1 atom stereocenters. The Bertz CT molecular complexity index is 589. The van der Waals surface area contributed by atoms with E-state index in [4.69, 9.17) is 0 Å². The van der Waals surface area contributed by atoms with Gasteiger partial charge in [-0.05, 0) is 12.1 Å². The van der Waals surface area contributed by atoms with Gasteiger partial charge in [0.05, 0.1) is 6.54 Å². The zero-order valence-electron chi connectivity index (χ0n) is 8.10. The topological polar surface area (TPSA) is 56.4 Å². The second-order valence-electron chi connectivity index (χ2n) is 3.82. The third-order valence-electron chi connectivity index (χ3n) is 2.90. The molecule has 3 rings (SSSR count). The van der Waals surface area contributed by atoms with Crippen LogP contribution in [0.5, 0.6) is 0 Å². The number of benzene rings is 1. The van der Waals surface area contributed by atoms with Crippen LogP contribution in [0, 0.1) is 0 Å². The Hall–Kier alpha value is -1.68. The molecule has 1 unspecified atom stereocenters. The van der Waals surface area contributed by atoms with E-state index in [1.807, 2.05) is 18.2 Å². The molecule has 1 aromatic carbocycles. The normalized spacial score (nSPS) is 19.4. The van der Waals surface area contributed by atoms with Gasteiger partial charge in [0.2, 0.25) is 0 Å². The molecule has 0 fully saturated rings. The first-order valence-corrected chi connectivity index (χ1v) is 5.00. The molecule has 4 nitrogen and oxygen atoms in total. The fraction of sp³-hybridized carbons (Fsp3) is 0.273. The number of aliphatic hydroxyl groups is 1. The van der Waals surface area contributed by atoms with Gasteiger partial charge in [0, 0.05) is 6.42 Å². The van der Waals surface area contributed by atoms with Crippen LogP contribution >= 0.6 is 0 Å². The van der Waals surface area contributed by atoms with Gasteiger partial charge in [0.15, 0.2) is 6.10 Å². The summed E-state index contributed by atoms with van der Waals surface area (Å²) in [6, 6.07) is 7.36. The summed E-state index contributed by atoms with van der Waals surface area (Å²) >= 11 is 0. The van der Waals surface area contributed by atoms with Gasteiger partial charge < -0.3 is 5.11 Å². The fourth-order valence-corrected chi connectivity index (χ4v) is 2.11. The molecule has 0 spiro atoms. The molecule has 1 aromatic heterocycles. The molecule has 0 aliphatic carbocycles. The molecule has 0 saturated carbocycles. The summed E-state index contributed by atoms with van der Waals surface area (Å²) in [7, 11) is 0. The first-order valence-electron chi connectivity index (χ1n) is 5.00. The molecule has 4 heteroatoms. The van der Waals surface area contributed by atoms with Gasteiger partial charge in [-0.1, -0.05) is 12.1 Å². The van der Waals surface area contributed by atoms with E-state index in [-0.39, 0.29) is 5.56 Å². The first kappa shape index (κ1) is 8.61. The van der Waals surface area contributed by atoms with Gasteiger partial charge in [-0.2, -0.15) is 4.57 Å². The molecule has 2 aromatic rings. The molecule has 1 aliphatic rings. The second kappa shape index (κ2) is 2.90. The highest BCUT2D eigenvalue weighted by Crippen LogP contribution is 2.20. The molecule has 0 radical (unpaired) electrons. The van der Waals surface area contributed by atoms with Crippen molar-refractivity contribution >= 4 is 10.9 Å². The highest BCUT2D eigenvalue weighted by Gasteiger charge is 2.30. The van der Waals surface area contributed by atoms with Crippen molar-refractivity contribution < 1.29 is 10.1 Å². The van der Waals surface area contributed by atoms with Crippen LogP contribution in [0.3, 0.4) is 0 Å². The highest BCUT2D eigenvalue weighted by atomic mass is 16.3. The minimum Gasteiger partial charge on any atom is -0.380 e. The van der Waals surface area contributed by atoms with Crippen LogP contribution in [0.2, 0.25) is 0 Å². The molecule has 2 heterocycles. The van der Waals surface area contributed by atoms with E-state index in [1.54, 1.807) is 10.6 Å². The number of para-hydroxylation sites is 1. The van der Waals surface area contributed by atoms with Crippen LogP contribution in [0.15, 0.2) is 29.1 Å². The summed E-state index contributed by atoms with van der Waals surface area (Å²) in [4.78, 5) is 15.1. The Morgan fingerprint density at radius 2 is 2.20 bits per heavy atom. The lowest BCUT2D eigenvalue weighted by atomic mass is 10.2. The number of nitrogens with one attached hydrogen (secondary N) is 1. The maximum absolute atomic E-state index is 12.0. The number of rotatable bonds is 0. The smallest absolute Gasteiger partial charge is 0.345 e. The van der Waals surface area contributed by atoms with Crippen LogP contribution in [0.4, 0.5) is 0 Å². The van der Waals surface area contributed by atoms with Crippen molar-refractivity contribution in [1.29, 1.82) is 0 Å². The van der Waals surface area contributed by atoms with Crippen molar-refractivity contribution in [2.45, 2.75) is 19.1 Å². The van der Waals surface area contributed by atoms with Gasteiger partial charge >= 0.3 is 5.56 Å². The monoisotopic (exact) mass is 203 g/mol. The third-order valence-corrected chi connectivity index (χ3v) is 2.90. The fourth-order valence-electron chi connectivity index (χ4n) is 2.11. The Morgan fingerprint density at radius 1 is 1.40 bits per heavy atom. The molecule has 15 heavy (non-hydrogen) atoms. The summed E-state index contributed by atoms with van der Waals surface area (Å²) < 4.78 is 1.62. The minimum absolute atomic E-state index is 0.0177. The minimum atomic E-state index is -0.540. The molecule has 76 valence electrons. The van der Waals surface area contributed by atoms with Gasteiger partial charge in [0.25, 0.3) is 5.82 Å². The van der Waals surface area contributed by atoms with Crippen LogP contribution in [0.1, 0.15) is 18.3 Å². The molecule has 0 bridgehead atoms. The van der Waals surface area contributed by atoms with Crippen LogP contribution < -0.4 is 10.5 Å². The number of fused-ring (bicyclic) bond motifs is 2. The average molecular weight is 203 g/mol. The number of nitrogens with zero attached hydrogens (tertiary/aromatic N) is 1. The van der Waals surface area contributed by atoms with E-state index in [0.29, 0.717) is 24.2 Å². The number of H-pyrrole nitrogens is 1. The summed E-state index contributed by atoms with van der Waals surface area (Å²) in [5.74, 6) is 0.624. The average Bonchev–Trinajstić information content (AvgIpc) is 2.62. The van der Waals surface area contributed by atoms with Crippen molar-refractivity contribution in [3.63, 3.8) is 0 Å². The summed E-state index contributed by atoms with van der Waals surface area (Å²) in [5.41, 5.74) is 0.769. The van der Waals surface area contributed by atoms with Gasteiger partial charge in [-0.25, -0.2) is 9.78 Å². The lowest BCUT2D eigenvalue weighted by Gasteiger charge is -1.99.